The van der Waals surface area contributed by atoms with Crippen LogP contribution in [-0.4, -0.2) is 4.61 Å². The van der Waals surface area contributed by atoms with Gasteiger partial charge in [0.05, 0.1) is 0 Å². The molecule has 0 amide bonds. The van der Waals surface area contributed by atoms with Gasteiger partial charge in [-0.3, -0.25) is 0 Å². The second kappa shape index (κ2) is 19.0. The number of hydrogen-bond donors (Lipinski definition) is 0. The van der Waals surface area contributed by atoms with Crippen molar-refractivity contribution in [2.45, 2.75) is 27.7 Å². The van der Waals surface area contributed by atoms with Crippen molar-refractivity contribution < 1.29 is 13.5 Å². The molecule has 0 aromatic heterocycles. The van der Waals surface area contributed by atoms with E-state index in [4.69, 9.17) is 19.4 Å². The van der Waals surface area contributed by atoms with Gasteiger partial charge >= 0.3 is 73.4 Å². The summed E-state index contributed by atoms with van der Waals surface area (Å²) in [6.45, 7) is 12.0. The molecule has 6 aromatic carbocycles. The zero-order valence-electron chi connectivity index (χ0n) is 28.7. The van der Waals surface area contributed by atoms with Crippen LogP contribution in [0.2, 0.25) is 0 Å². The quantitative estimate of drug-likeness (QED) is 0.122. The van der Waals surface area contributed by atoms with Gasteiger partial charge in [0.15, 0.2) is 0 Å². The van der Waals surface area contributed by atoms with E-state index >= 15 is 0 Å². The Bertz CT molecular complexity index is 1810. The average molecular weight is 801 g/mol. The zero-order chi connectivity index (χ0) is 35.3. The summed E-state index contributed by atoms with van der Waals surface area (Å²) >= 11 is -1.61. The molecule has 6 aromatic rings. The second-order valence-electron chi connectivity index (χ2n) is 11.7. The summed E-state index contributed by atoms with van der Waals surface area (Å²) in [7, 11) is 10.9. The maximum atomic E-state index is 5.67. The summed E-state index contributed by atoms with van der Waals surface area (Å²) < 4.78 is 1.92. The Labute approximate surface area is 312 Å². The van der Waals surface area contributed by atoms with Crippen LogP contribution in [-0.2, 0) is 13.5 Å². The molecule has 254 valence electrons. The number of rotatable bonds is 6. The zero-order valence-corrected chi connectivity index (χ0v) is 32.8. The number of para-hydroxylation sites is 2. The fourth-order valence-corrected chi connectivity index (χ4v) is 9.86. The van der Waals surface area contributed by atoms with Crippen molar-refractivity contribution >= 4 is 59.2 Å². The molecular weight excluding hydrogens is 759 g/mol. The molecule has 0 saturated carbocycles. The molecule has 2 radical (unpaired) electrons. The van der Waals surface area contributed by atoms with Gasteiger partial charge in [-0.05, 0) is 73.8 Å². The van der Waals surface area contributed by atoms with Crippen LogP contribution in [0.25, 0.3) is 0 Å². The maximum Gasteiger partial charge on any atom is -0.0134 e. The molecule has 0 atom stereocenters. The van der Waals surface area contributed by atoms with Crippen LogP contribution in [0.1, 0.15) is 27.8 Å². The molecular formula is C44H41Cl2N2PRu. The van der Waals surface area contributed by atoms with Gasteiger partial charge in [0, 0.05) is 23.8 Å². The Morgan fingerprint density at radius 2 is 0.780 bits per heavy atom. The minimum Gasteiger partial charge on any atom is -0.0622 e. The molecule has 0 aliphatic carbocycles. The number of anilines is 2. The van der Waals surface area contributed by atoms with Crippen LogP contribution < -0.4 is 25.7 Å². The van der Waals surface area contributed by atoms with Crippen LogP contribution >= 0.6 is 27.3 Å². The predicted molar refractivity (Wildman–Crippen MR) is 218 cm³/mol. The molecule has 0 fully saturated rings. The van der Waals surface area contributed by atoms with Gasteiger partial charge < -0.3 is 9.80 Å². The van der Waals surface area contributed by atoms with Crippen LogP contribution in [0.3, 0.4) is 0 Å². The van der Waals surface area contributed by atoms with E-state index in [2.05, 4.69) is 184 Å². The first-order valence-corrected chi connectivity index (χ1v) is 23.1. The van der Waals surface area contributed by atoms with Crippen LogP contribution in [0, 0.1) is 34.4 Å². The van der Waals surface area contributed by atoms with E-state index in [-0.39, 0.29) is 0 Å². The van der Waals surface area contributed by atoms with Crippen LogP contribution in [0.15, 0.2) is 170 Å². The van der Waals surface area contributed by atoms with Gasteiger partial charge in [-0.15, -0.1) is 0 Å². The van der Waals surface area contributed by atoms with E-state index < -0.39 is 21.4 Å². The van der Waals surface area contributed by atoms with Crippen molar-refractivity contribution in [3.05, 3.63) is 205 Å². The molecule has 50 heavy (non-hydrogen) atoms. The summed E-state index contributed by atoms with van der Waals surface area (Å²) in [5.41, 5.74) is 8.58. The third-order valence-corrected chi connectivity index (χ3v) is 12.3. The molecule has 1 heterocycles. The SMILES string of the molecule is Cc1cccc(C)c1N1[C]N(c2c(C)cccc2C)C=C1.[Cl][Ru]([Cl])=[CH]c1ccccc1.c1ccc(P(c2ccccc2)c2ccccc2)cc1. The Morgan fingerprint density at radius 3 is 1.10 bits per heavy atom. The monoisotopic (exact) mass is 800 g/mol. The van der Waals surface area contributed by atoms with Gasteiger partial charge in [0.25, 0.3) is 0 Å². The Balaban J connectivity index is 0.000000155. The largest absolute Gasteiger partial charge is 0.0622 e. The number of halogens is 2. The number of aryl methyl sites for hydroxylation is 4. The number of nitrogens with zero attached hydrogens (tertiary/aromatic N) is 2. The Hall–Kier alpha value is -3.84. The van der Waals surface area contributed by atoms with E-state index in [1.54, 1.807) is 0 Å². The Morgan fingerprint density at radius 1 is 0.460 bits per heavy atom. The van der Waals surface area contributed by atoms with E-state index in [0.29, 0.717) is 0 Å². The van der Waals surface area contributed by atoms with Crippen molar-refractivity contribution in [3.63, 3.8) is 0 Å². The van der Waals surface area contributed by atoms with Crippen LogP contribution in [0.5, 0.6) is 0 Å². The molecule has 0 saturated heterocycles. The molecule has 1 aliphatic heterocycles. The third-order valence-electron chi connectivity index (χ3n) is 7.98. The van der Waals surface area contributed by atoms with Crippen molar-refractivity contribution in [1.82, 2.24) is 0 Å². The summed E-state index contributed by atoms with van der Waals surface area (Å²) in [5, 5.41) is 4.19. The predicted octanol–water partition coefficient (Wildman–Crippen LogP) is 10.9. The summed E-state index contributed by atoms with van der Waals surface area (Å²) in [6.07, 6.45) is 4.14. The van der Waals surface area contributed by atoms with E-state index in [1.165, 1.54) is 49.5 Å². The minimum absolute atomic E-state index is 0.446. The van der Waals surface area contributed by atoms with Gasteiger partial charge in [0.2, 0.25) is 6.67 Å². The van der Waals surface area contributed by atoms with Crippen molar-refractivity contribution in [2.24, 2.45) is 0 Å². The first-order chi connectivity index (χ1) is 24.3. The molecule has 7 rings (SSSR count). The number of benzene rings is 6. The van der Waals surface area contributed by atoms with E-state index in [1.807, 2.05) is 34.9 Å². The van der Waals surface area contributed by atoms with Crippen molar-refractivity contribution in [3.8, 4) is 0 Å². The summed E-state index contributed by atoms with van der Waals surface area (Å²) in [4.78, 5) is 4.16. The molecule has 0 N–H and O–H groups in total. The first kappa shape index (κ1) is 37.4. The number of hydrogen-bond acceptors (Lipinski definition) is 2. The van der Waals surface area contributed by atoms with Crippen molar-refractivity contribution in [1.29, 1.82) is 0 Å². The van der Waals surface area contributed by atoms with Gasteiger partial charge in [-0.25, -0.2) is 0 Å². The third kappa shape index (κ3) is 10.3. The first-order valence-electron chi connectivity index (χ1n) is 16.3. The Kier molecular flexibility index (Phi) is 14.2. The maximum absolute atomic E-state index is 5.67. The van der Waals surface area contributed by atoms with Crippen molar-refractivity contribution in [2.75, 3.05) is 9.80 Å². The van der Waals surface area contributed by atoms with Gasteiger partial charge in [-0.2, -0.15) is 0 Å². The molecule has 1 aliphatic rings. The van der Waals surface area contributed by atoms with Crippen LogP contribution in [0.4, 0.5) is 11.4 Å². The fraction of sp³-hybridized carbons (Fsp3) is 0.0909. The molecule has 6 heteroatoms. The fourth-order valence-electron chi connectivity index (χ4n) is 5.73. The topological polar surface area (TPSA) is 6.48 Å². The minimum atomic E-state index is -1.61. The average Bonchev–Trinajstić information content (AvgIpc) is 3.59. The smallest absolute Gasteiger partial charge is 0.0134 e. The van der Waals surface area contributed by atoms with E-state index in [9.17, 15) is 0 Å². The van der Waals surface area contributed by atoms with Gasteiger partial charge in [0.1, 0.15) is 0 Å². The summed E-state index contributed by atoms with van der Waals surface area (Å²) in [6, 6.07) is 55.0. The van der Waals surface area contributed by atoms with Gasteiger partial charge in [-0.1, -0.05) is 127 Å². The molecule has 0 bridgehead atoms. The molecule has 0 unspecified atom stereocenters. The van der Waals surface area contributed by atoms with E-state index in [0.717, 1.165) is 5.56 Å². The standard InChI is InChI=1S/C19H20N2.C18H15P.C7H6.2ClH.Ru/c1-14-7-5-8-15(2)18(14)20-11-12-21(13-20)19-16(3)9-6-10-17(19)4;1-4-10-16(11-5-1)19(17-12-6-2-7-13-17)18-14-8-3-9-15-18;1-7-5-3-2-4-6-7;;;/h5-12H,1-4H3;1-15H;1-6H;2*1H;/q;;;;;+2/p-2. The molecule has 2 nitrogen and oxygen atoms in total. The molecule has 0 spiro atoms. The second-order valence-corrected chi connectivity index (χ2v) is 19.6. The normalized spacial score (nSPS) is 12.1. The summed E-state index contributed by atoms with van der Waals surface area (Å²) in [5.74, 6) is 0.